The Morgan fingerprint density at radius 3 is 1.93 bits per heavy atom. The summed E-state index contributed by atoms with van der Waals surface area (Å²) in [6.45, 7) is 8.03. The number of hydrogen-bond donors (Lipinski definition) is 1. The molecule has 2 aromatic rings. The molecule has 0 unspecified atom stereocenters. The lowest BCUT2D eigenvalue weighted by Crippen LogP contribution is -2.20. The first-order valence-electron chi connectivity index (χ1n) is 8.55. The Kier molecular flexibility index (Phi) is 6.45. The van der Waals surface area contributed by atoms with Crippen LogP contribution in [0.5, 0.6) is 17.2 Å². The van der Waals surface area contributed by atoms with Crippen molar-refractivity contribution in [1.82, 2.24) is 5.43 Å². The maximum absolute atomic E-state index is 12.6. The van der Waals surface area contributed by atoms with E-state index in [1.807, 2.05) is 13.8 Å². The van der Waals surface area contributed by atoms with E-state index in [0.717, 1.165) is 16.8 Å². The Balaban J connectivity index is 2.29. The van der Waals surface area contributed by atoms with E-state index in [-0.39, 0.29) is 5.91 Å². The van der Waals surface area contributed by atoms with E-state index in [1.165, 1.54) is 32.5 Å². The number of hydrazone groups is 1. The van der Waals surface area contributed by atoms with Gasteiger partial charge in [0.05, 0.1) is 27.0 Å². The maximum atomic E-state index is 12.6. The van der Waals surface area contributed by atoms with Crippen molar-refractivity contribution in [2.45, 2.75) is 27.7 Å². The smallest absolute Gasteiger partial charge is 0.271 e. The predicted molar refractivity (Wildman–Crippen MR) is 106 cm³/mol. The molecule has 144 valence electrons. The highest BCUT2D eigenvalue weighted by atomic mass is 16.5. The van der Waals surface area contributed by atoms with Gasteiger partial charge in [-0.15, -0.1) is 0 Å². The van der Waals surface area contributed by atoms with Crippen LogP contribution in [0.25, 0.3) is 0 Å². The Bertz CT molecular complexity index is 863. The molecular weight excluding hydrogens is 344 g/mol. The van der Waals surface area contributed by atoms with Crippen LogP contribution in [0.15, 0.2) is 29.4 Å². The molecule has 0 spiro atoms. The summed E-state index contributed by atoms with van der Waals surface area (Å²) in [6.07, 6.45) is 0. The van der Waals surface area contributed by atoms with Crippen LogP contribution in [0.2, 0.25) is 0 Å². The number of amides is 1. The zero-order valence-electron chi connectivity index (χ0n) is 16.9. The second-order valence-corrected chi connectivity index (χ2v) is 6.30. The summed E-state index contributed by atoms with van der Waals surface area (Å²) >= 11 is 0. The Morgan fingerprint density at radius 2 is 1.41 bits per heavy atom. The average molecular weight is 370 g/mol. The standard InChI is InChI=1S/C21H26N2O4/c1-12-8-14(3)17(9-13(12)2)15(4)22-23-21(24)16-10-18(25-5)20(27-7)19(11-16)26-6/h8-11H,1-7H3,(H,23,24)/b22-15-. The third kappa shape index (κ3) is 4.39. The molecule has 0 fully saturated rings. The lowest BCUT2D eigenvalue weighted by molar-refractivity contribution is 0.0954. The van der Waals surface area contributed by atoms with Gasteiger partial charge >= 0.3 is 0 Å². The van der Waals surface area contributed by atoms with Crippen LogP contribution >= 0.6 is 0 Å². The highest BCUT2D eigenvalue weighted by Crippen LogP contribution is 2.38. The monoisotopic (exact) mass is 370 g/mol. The number of nitrogens with zero attached hydrogens (tertiary/aromatic N) is 1. The van der Waals surface area contributed by atoms with E-state index in [0.29, 0.717) is 22.8 Å². The number of hydrogen-bond acceptors (Lipinski definition) is 5. The van der Waals surface area contributed by atoms with Crippen molar-refractivity contribution in [2.24, 2.45) is 5.10 Å². The highest BCUT2D eigenvalue weighted by Gasteiger charge is 2.17. The summed E-state index contributed by atoms with van der Waals surface area (Å²) < 4.78 is 15.8. The second-order valence-electron chi connectivity index (χ2n) is 6.30. The van der Waals surface area contributed by atoms with Gasteiger partial charge in [0.2, 0.25) is 5.75 Å². The van der Waals surface area contributed by atoms with Crippen LogP contribution in [0, 0.1) is 20.8 Å². The predicted octanol–water partition coefficient (Wildman–Crippen LogP) is 3.79. The molecule has 27 heavy (non-hydrogen) atoms. The van der Waals surface area contributed by atoms with Gasteiger partial charge in [0.25, 0.3) is 5.91 Å². The van der Waals surface area contributed by atoms with Crippen molar-refractivity contribution in [1.29, 1.82) is 0 Å². The number of carbonyl (C=O) groups excluding carboxylic acids is 1. The molecule has 0 atom stereocenters. The van der Waals surface area contributed by atoms with Gasteiger partial charge in [0.15, 0.2) is 11.5 Å². The van der Waals surface area contributed by atoms with Gasteiger partial charge in [-0.1, -0.05) is 6.07 Å². The van der Waals surface area contributed by atoms with Crippen molar-refractivity contribution in [3.05, 3.63) is 52.1 Å². The van der Waals surface area contributed by atoms with E-state index in [9.17, 15) is 4.79 Å². The first kappa shape index (κ1) is 20.3. The summed E-state index contributed by atoms with van der Waals surface area (Å²) in [6, 6.07) is 7.37. The lowest BCUT2D eigenvalue weighted by atomic mass is 9.98. The van der Waals surface area contributed by atoms with Gasteiger partial charge in [-0.25, -0.2) is 5.43 Å². The zero-order valence-corrected chi connectivity index (χ0v) is 16.9. The molecule has 1 amide bonds. The van der Waals surface area contributed by atoms with Gasteiger partial charge < -0.3 is 14.2 Å². The van der Waals surface area contributed by atoms with Crippen LogP contribution in [-0.2, 0) is 0 Å². The Morgan fingerprint density at radius 1 is 0.852 bits per heavy atom. The molecule has 0 bridgehead atoms. The lowest BCUT2D eigenvalue weighted by Gasteiger charge is -2.13. The maximum Gasteiger partial charge on any atom is 0.271 e. The van der Waals surface area contributed by atoms with E-state index >= 15 is 0 Å². The molecule has 0 aromatic heterocycles. The first-order valence-corrected chi connectivity index (χ1v) is 8.55. The number of carbonyl (C=O) groups is 1. The molecule has 6 heteroatoms. The third-order valence-corrected chi connectivity index (χ3v) is 4.48. The minimum absolute atomic E-state index is 0.359. The molecule has 0 aliphatic carbocycles. The summed E-state index contributed by atoms with van der Waals surface area (Å²) in [5.41, 5.74) is 8.21. The number of ether oxygens (including phenoxy) is 3. The van der Waals surface area contributed by atoms with Gasteiger partial charge in [-0.05, 0) is 62.6 Å². The van der Waals surface area contributed by atoms with Crippen LogP contribution in [0.1, 0.15) is 39.5 Å². The zero-order chi connectivity index (χ0) is 20.1. The van der Waals surface area contributed by atoms with Crippen molar-refractivity contribution < 1.29 is 19.0 Å². The summed E-state index contributed by atoms with van der Waals surface area (Å²) in [7, 11) is 4.52. The van der Waals surface area contributed by atoms with Crippen LogP contribution in [0.4, 0.5) is 0 Å². The molecule has 1 N–H and O–H groups in total. The molecule has 0 saturated carbocycles. The van der Waals surface area contributed by atoms with E-state index in [2.05, 4.69) is 36.5 Å². The molecular formula is C21H26N2O4. The first-order chi connectivity index (χ1) is 12.8. The SMILES string of the molecule is COc1cc(C(=O)N/N=C(/C)c2cc(C)c(C)cc2C)cc(OC)c1OC. The van der Waals surface area contributed by atoms with E-state index < -0.39 is 0 Å². The number of rotatable bonds is 6. The Labute approximate surface area is 160 Å². The fourth-order valence-electron chi connectivity index (χ4n) is 2.82. The number of benzene rings is 2. The average Bonchev–Trinajstić information content (AvgIpc) is 2.67. The molecule has 2 rings (SSSR count). The van der Waals surface area contributed by atoms with Crippen LogP contribution in [0.3, 0.4) is 0 Å². The number of methoxy groups -OCH3 is 3. The minimum Gasteiger partial charge on any atom is -0.493 e. The van der Waals surface area contributed by atoms with Crippen molar-refractivity contribution in [2.75, 3.05) is 21.3 Å². The summed E-state index contributed by atoms with van der Waals surface area (Å²) in [5.74, 6) is 0.887. The second kappa shape index (κ2) is 8.58. The molecule has 0 aliphatic rings. The molecule has 0 radical (unpaired) electrons. The van der Waals surface area contributed by atoms with Gasteiger partial charge in [0, 0.05) is 11.1 Å². The Hall–Kier alpha value is -3.02. The minimum atomic E-state index is -0.366. The topological polar surface area (TPSA) is 69.2 Å². The quantitative estimate of drug-likeness (QED) is 0.620. The largest absolute Gasteiger partial charge is 0.493 e. The fourth-order valence-corrected chi connectivity index (χ4v) is 2.82. The third-order valence-electron chi connectivity index (χ3n) is 4.48. The van der Waals surface area contributed by atoms with Crippen molar-refractivity contribution in [3.63, 3.8) is 0 Å². The van der Waals surface area contributed by atoms with Crippen LogP contribution in [-0.4, -0.2) is 32.9 Å². The van der Waals surface area contributed by atoms with Gasteiger partial charge in [0.1, 0.15) is 0 Å². The summed E-state index contributed by atoms with van der Waals surface area (Å²) in [5, 5.41) is 4.26. The molecule has 6 nitrogen and oxygen atoms in total. The molecule has 0 aliphatic heterocycles. The highest BCUT2D eigenvalue weighted by molar-refractivity contribution is 6.02. The van der Waals surface area contributed by atoms with Crippen molar-refractivity contribution in [3.8, 4) is 17.2 Å². The van der Waals surface area contributed by atoms with Crippen LogP contribution < -0.4 is 19.6 Å². The number of nitrogens with one attached hydrogen (secondary N) is 1. The van der Waals surface area contributed by atoms with E-state index in [4.69, 9.17) is 14.2 Å². The number of aryl methyl sites for hydroxylation is 3. The fraction of sp³-hybridized carbons (Fsp3) is 0.333. The molecule has 2 aromatic carbocycles. The molecule has 0 saturated heterocycles. The van der Waals surface area contributed by atoms with Gasteiger partial charge in [-0.2, -0.15) is 5.10 Å². The normalized spacial score (nSPS) is 11.1. The van der Waals surface area contributed by atoms with Crippen molar-refractivity contribution >= 4 is 11.6 Å². The molecule has 0 heterocycles. The van der Waals surface area contributed by atoms with Gasteiger partial charge in [-0.3, -0.25) is 4.79 Å². The summed E-state index contributed by atoms with van der Waals surface area (Å²) in [4.78, 5) is 12.6. The van der Waals surface area contributed by atoms with E-state index in [1.54, 1.807) is 12.1 Å².